The first kappa shape index (κ1) is 10.5. The Morgan fingerprint density at radius 3 is 2.00 bits per heavy atom. The van der Waals surface area contributed by atoms with Gasteiger partial charge in [0.1, 0.15) is 0 Å². The van der Waals surface area contributed by atoms with E-state index >= 15 is 0 Å². The molecule has 0 saturated heterocycles. The fourth-order valence-corrected chi connectivity index (χ4v) is 2.46. The van der Waals surface area contributed by atoms with E-state index in [1.54, 1.807) is 0 Å². The van der Waals surface area contributed by atoms with Gasteiger partial charge in [-0.2, -0.15) is 0 Å². The van der Waals surface area contributed by atoms with E-state index in [4.69, 9.17) is 0 Å². The number of halogens is 2. The fraction of sp³-hybridized carbons (Fsp3) is 1.00. The van der Waals surface area contributed by atoms with Crippen molar-refractivity contribution in [1.29, 1.82) is 0 Å². The number of hydrogen-bond acceptors (Lipinski definition) is 0. The molecule has 0 bridgehead atoms. The predicted molar refractivity (Wildman–Crippen MR) is 60.7 cm³/mol. The van der Waals surface area contributed by atoms with Crippen LogP contribution in [0.3, 0.4) is 0 Å². The zero-order chi connectivity index (χ0) is 7.28. The minimum Gasteiger partial charge on any atom is -0.0864 e. The molecule has 0 aliphatic rings. The Kier molecular flexibility index (Phi) is 7.19. The van der Waals surface area contributed by atoms with Gasteiger partial charge in [-0.15, -0.1) is 0 Å². The summed E-state index contributed by atoms with van der Waals surface area (Å²) in [6, 6.07) is 0. The molecule has 2 atom stereocenters. The van der Waals surface area contributed by atoms with Gasteiger partial charge in [0.05, 0.1) is 0 Å². The van der Waals surface area contributed by atoms with Crippen LogP contribution in [-0.2, 0) is 0 Å². The van der Waals surface area contributed by atoms with Gasteiger partial charge < -0.3 is 0 Å². The van der Waals surface area contributed by atoms with E-state index in [0.717, 1.165) is 11.8 Å². The van der Waals surface area contributed by atoms with Gasteiger partial charge in [-0.3, -0.25) is 0 Å². The molecule has 0 aromatic heterocycles. The molecule has 0 nitrogen and oxygen atoms in total. The largest absolute Gasteiger partial charge is 0.0864 e. The van der Waals surface area contributed by atoms with E-state index in [9.17, 15) is 0 Å². The molecule has 0 aliphatic carbocycles. The second kappa shape index (κ2) is 6.19. The summed E-state index contributed by atoms with van der Waals surface area (Å²) in [7, 11) is 0. The molecule has 0 N–H and O–H groups in total. The standard InChI is InChI=1S/C7H14I2/c1-6(3-4-8)7(2)5-9/h6-7H,3-5H2,1-2H3. The molecule has 2 heteroatoms. The molecule has 0 aromatic rings. The van der Waals surface area contributed by atoms with Gasteiger partial charge in [-0.05, 0) is 22.7 Å². The Bertz CT molecular complexity index is 63.9. The van der Waals surface area contributed by atoms with Gasteiger partial charge in [-0.1, -0.05) is 59.0 Å². The lowest BCUT2D eigenvalue weighted by molar-refractivity contribution is 0.423. The van der Waals surface area contributed by atoms with Crippen LogP contribution in [0.2, 0.25) is 0 Å². The van der Waals surface area contributed by atoms with Crippen LogP contribution >= 0.6 is 45.2 Å². The number of alkyl halides is 2. The monoisotopic (exact) mass is 352 g/mol. The van der Waals surface area contributed by atoms with Gasteiger partial charge in [0.15, 0.2) is 0 Å². The van der Waals surface area contributed by atoms with Crippen LogP contribution in [0.4, 0.5) is 0 Å². The summed E-state index contributed by atoms with van der Waals surface area (Å²) in [5.74, 6) is 1.82. The van der Waals surface area contributed by atoms with Crippen molar-refractivity contribution in [2.75, 3.05) is 8.86 Å². The number of hydrogen-bond donors (Lipinski definition) is 0. The molecule has 0 spiro atoms. The molecule has 0 radical (unpaired) electrons. The fourth-order valence-electron chi connectivity index (χ4n) is 0.609. The lowest BCUT2D eigenvalue weighted by Crippen LogP contribution is -2.09. The quantitative estimate of drug-likeness (QED) is 0.537. The van der Waals surface area contributed by atoms with E-state index < -0.39 is 0 Å². The van der Waals surface area contributed by atoms with Gasteiger partial charge >= 0.3 is 0 Å². The van der Waals surface area contributed by atoms with Crippen molar-refractivity contribution < 1.29 is 0 Å². The Hall–Kier alpha value is 1.46. The Balaban J connectivity index is 3.32. The molecule has 2 unspecified atom stereocenters. The maximum Gasteiger partial charge on any atom is 0.00236 e. The summed E-state index contributed by atoms with van der Waals surface area (Å²) in [5.41, 5.74) is 0. The first-order valence-electron chi connectivity index (χ1n) is 3.34. The second-order valence-electron chi connectivity index (χ2n) is 2.59. The highest BCUT2D eigenvalue weighted by molar-refractivity contribution is 14.1. The third-order valence-corrected chi connectivity index (χ3v) is 3.79. The Labute approximate surface area is 85.5 Å². The summed E-state index contributed by atoms with van der Waals surface area (Å²) in [6.07, 6.45) is 1.38. The van der Waals surface area contributed by atoms with E-state index in [0.29, 0.717) is 0 Å². The van der Waals surface area contributed by atoms with Gasteiger partial charge in [0, 0.05) is 4.43 Å². The molecular formula is C7H14I2. The molecule has 0 fully saturated rings. The number of rotatable bonds is 4. The smallest absolute Gasteiger partial charge is 0.00236 e. The van der Waals surface area contributed by atoms with Gasteiger partial charge in [0.2, 0.25) is 0 Å². The summed E-state index contributed by atoms with van der Waals surface area (Å²) >= 11 is 4.92. The average molecular weight is 352 g/mol. The van der Waals surface area contributed by atoms with Crippen LogP contribution in [0.1, 0.15) is 20.3 Å². The highest BCUT2D eigenvalue weighted by Gasteiger charge is 2.08. The van der Waals surface area contributed by atoms with E-state index in [1.165, 1.54) is 15.3 Å². The second-order valence-corrected chi connectivity index (χ2v) is 4.55. The molecule has 0 aromatic carbocycles. The normalized spacial score (nSPS) is 17.3. The first-order chi connectivity index (χ1) is 4.22. The summed E-state index contributed by atoms with van der Waals surface area (Å²) in [6.45, 7) is 4.69. The third-order valence-electron chi connectivity index (χ3n) is 1.78. The molecule has 0 amide bonds. The predicted octanol–water partition coefficient (Wildman–Crippen LogP) is 3.52. The van der Waals surface area contributed by atoms with Crippen LogP contribution in [0.25, 0.3) is 0 Å². The van der Waals surface area contributed by atoms with Crippen molar-refractivity contribution in [1.82, 2.24) is 0 Å². The zero-order valence-electron chi connectivity index (χ0n) is 6.03. The minimum absolute atomic E-state index is 0.903. The molecule has 56 valence electrons. The summed E-state index contributed by atoms with van der Waals surface area (Å²) < 4.78 is 2.61. The van der Waals surface area contributed by atoms with E-state index in [-0.39, 0.29) is 0 Å². The van der Waals surface area contributed by atoms with E-state index in [1.807, 2.05) is 0 Å². The maximum absolute atomic E-state index is 2.47. The van der Waals surface area contributed by atoms with E-state index in [2.05, 4.69) is 59.0 Å². The van der Waals surface area contributed by atoms with Crippen LogP contribution in [0.5, 0.6) is 0 Å². The molecule has 0 saturated carbocycles. The van der Waals surface area contributed by atoms with Crippen molar-refractivity contribution in [2.45, 2.75) is 20.3 Å². The molecule has 0 rings (SSSR count). The zero-order valence-corrected chi connectivity index (χ0v) is 10.3. The molecule has 0 aliphatic heterocycles. The molecular weight excluding hydrogens is 338 g/mol. The topological polar surface area (TPSA) is 0 Å². The Morgan fingerprint density at radius 1 is 1.11 bits per heavy atom. The van der Waals surface area contributed by atoms with Crippen LogP contribution in [0.15, 0.2) is 0 Å². The van der Waals surface area contributed by atoms with Crippen LogP contribution in [-0.4, -0.2) is 8.86 Å². The van der Waals surface area contributed by atoms with Crippen LogP contribution < -0.4 is 0 Å². The maximum atomic E-state index is 2.47. The lowest BCUT2D eigenvalue weighted by Gasteiger charge is -2.15. The lowest BCUT2D eigenvalue weighted by atomic mass is 9.96. The van der Waals surface area contributed by atoms with Crippen LogP contribution in [0, 0.1) is 11.8 Å². The highest BCUT2D eigenvalue weighted by atomic mass is 127. The third kappa shape index (κ3) is 4.81. The average Bonchev–Trinajstić information content (AvgIpc) is 1.87. The van der Waals surface area contributed by atoms with Crippen molar-refractivity contribution in [3.05, 3.63) is 0 Å². The van der Waals surface area contributed by atoms with Crippen molar-refractivity contribution in [3.8, 4) is 0 Å². The molecule has 9 heavy (non-hydrogen) atoms. The van der Waals surface area contributed by atoms with Crippen molar-refractivity contribution in [3.63, 3.8) is 0 Å². The minimum atomic E-state index is 0.903. The first-order valence-corrected chi connectivity index (χ1v) is 6.39. The van der Waals surface area contributed by atoms with Gasteiger partial charge in [-0.25, -0.2) is 0 Å². The summed E-state index contributed by atoms with van der Waals surface area (Å²) in [5, 5.41) is 0. The molecule has 0 heterocycles. The highest BCUT2D eigenvalue weighted by Crippen LogP contribution is 2.17. The Morgan fingerprint density at radius 2 is 1.67 bits per heavy atom. The SMILES string of the molecule is CC(CI)C(C)CCI. The van der Waals surface area contributed by atoms with Gasteiger partial charge in [0.25, 0.3) is 0 Å². The summed E-state index contributed by atoms with van der Waals surface area (Å²) in [4.78, 5) is 0. The van der Waals surface area contributed by atoms with Crippen molar-refractivity contribution >= 4 is 45.2 Å². The van der Waals surface area contributed by atoms with Crippen molar-refractivity contribution in [2.24, 2.45) is 11.8 Å².